The second-order valence-corrected chi connectivity index (χ2v) is 5.41. The van der Waals surface area contributed by atoms with Crippen LogP contribution < -0.4 is 10.7 Å². The first-order chi connectivity index (χ1) is 9.61. The second-order valence-electron chi connectivity index (χ2n) is 4.05. The van der Waals surface area contributed by atoms with Crippen molar-refractivity contribution in [1.29, 1.82) is 0 Å². The summed E-state index contributed by atoms with van der Waals surface area (Å²) in [6.45, 7) is 0. The van der Waals surface area contributed by atoms with E-state index in [1.54, 1.807) is 24.3 Å². The smallest absolute Gasteiger partial charge is 0.258 e. The predicted molar refractivity (Wildman–Crippen MR) is 80.7 cm³/mol. The van der Waals surface area contributed by atoms with Crippen LogP contribution in [0.2, 0.25) is 5.02 Å². The lowest BCUT2D eigenvalue weighted by molar-refractivity contribution is -0.102. The molecule has 1 heterocycles. The molecule has 0 saturated carbocycles. The Labute approximate surface area is 129 Å². The van der Waals surface area contributed by atoms with Gasteiger partial charge in [0.1, 0.15) is 11.5 Å². The van der Waals surface area contributed by atoms with Crippen molar-refractivity contribution < 1.29 is 9.59 Å². The highest BCUT2D eigenvalue weighted by molar-refractivity contribution is 9.11. The molecule has 104 valence electrons. The number of benzene rings is 1. The molecule has 20 heavy (non-hydrogen) atoms. The summed E-state index contributed by atoms with van der Waals surface area (Å²) in [5.41, 5.74) is 3.43. The Morgan fingerprint density at radius 1 is 1.40 bits per heavy atom. The largest absolute Gasteiger partial charge is 0.306 e. The van der Waals surface area contributed by atoms with E-state index < -0.39 is 0 Å². The zero-order valence-corrected chi connectivity index (χ0v) is 12.7. The lowest BCUT2D eigenvalue weighted by Gasteiger charge is -2.11. The number of amides is 1. The van der Waals surface area contributed by atoms with E-state index in [0.717, 1.165) is 4.48 Å². The van der Waals surface area contributed by atoms with Crippen LogP contribution in [0.1, 0.15) is 23.2 Å². The van der Waals surface area contributed by atoms with Gasteiger partial charge in [-0.1, -0.05) is 39.7 Å². The minimum atomic E-state index is -0.347. The van der Waals surface area contributed by atoms with Crippen molar-refractivity contribution in [2.45, 2.75) is 12.8 Å². The Kier molecular flexibility index (Phi) is 4.92. The predicted octanol–water partition coefficient (Wildman–Crippen LogP) is 2.57. The number of aldehydes is 1. The summed E-state index contributed by atoms with van der Waals surface area (Å²) in [4.78, 5) is 22.8. The topological polar surface area (TPSA) is 70.6 Å². The molecule has 5 nitrogen and oxygen atoms in total. The summed E-state index contributed by atoms with van der Waals surface area (Å²) in [5, 5.41) is 6.96. The summed E-state index contributed by atoms with van der Waals surface area (Å²) >= 11 is 9.33. The molecule has 0 fully saturated rings. The first kappa shape index (κ1) is 14.7. The van der Waals surface area contributed by atoms with Crippen LogP contribution in [0.4, 0.5) is 0 Å². The fraction of sp³-hybridized carbons (Fsp3) is 0.154. The van der Waals surface area contributed by atoms with E-state index in [0.29, 0.717) is 41.2 Å². The van der Waals surface area contributed by atoms with Crippen molar-refractivity contribution in [2.24, 2.45) is 5.10 Å². The van der Waals surface area contributed by atoms with Gasteiger partial charge >= 0.3 is 0 Å². The first-order valence-corrected chi connectivity index (χ1v) is 7.01. The summed E-state index contributed by atoms with van der Waals surface area (Å²) in [6.07, 6.45) is 1.76. The maximum absolute atomic E-state index is 12.1. The Balaban J connectivity index is 2.16. The number of allylic oxidation sites excluding steroid dienone is 1. The molecule has 0 spiro atoms. The zero-order valence-electron chi connectivity index (χ0n) is 10.3. The molecule has 0 bridgehead atoms. The van der Waals surface area contributed by atoms with Gasteiger partial charge in [-0.05, 0) is 25.0 Å². The van der Waals surface area contributed by atoms with Gasteiger partial charge in [0, 0.05) is 4.48 Å². The van der Waals surface area contributed by atoms with Crippen LogP contribution >= 0.6 is 27.5 Å². The van der Waals surface area contributed by atoms with E-state index in [2.05, 4.69) is 31.8 Å². The van der Waals surface area contributed by atoms with Crippen LogP contribution in [-0.4, -0.2) is 17.9 Å². The molecule has 2 N–H and O–H groups in total. The van der Waals surface area contributed by atoms with Gasteiger partial charge in [0.15, 0.2) is 6.29 Å². The normalized spacial score (nSPS) is 15.0. The minimum Gasteiger partial charge on any atom is -0.306 e. The van der Waals surface area contributed by atoms with Crippen LogP contribution in [0, 0.1) is 0 Å². The number of halogens is 2. The Bertz CT molecular complexity index is 613. The molecular formula is C13H11BrClN3O2. The van der Waals surface area contributed by atoms with Crippen molar-refractivity contribution >= 4 is 45.4 Å². The maximum Gasteiger partial charge on any atom is 0.258 e. The molecule has 0 radical (unpaired) electrons. The second kappa shape index (κ2) is 6.67. The summed E-state index contributed by atoms with van der Waals surface area (Å²) in [5.74, 6) is 0.0616. The van der Waals surface area contributed by atoms with Crippen molar-refractivity contribution in [3.8, 4) is 0 Å². The third-order valence-corrected chi connectivity index (χ3v) is 3.80. The number of rotatable bonds is 3. The lowest BCUT2D eigenvalue weighted by atomic mass is 10.2. The van der Waals surface area contributed by atoms with Crippen LogP contribution in [0.3, 0.4) is 0 Å². The molecular weight excluding hydrogens is 346 g/mol. The molecule has 1 amide bonds. The molecule has 2 rings (SSSR count). The number of nitrogens with zero attached hydrogens (tertiary/aromatic N) is 1. The van der Waals surface area contributed by atoms with Gasteiger partial charge < -0.3 is 5.32 Å². The highest BCUT2D eigenvalue weighted by Gasteiger charge is 2.16. The van der Waals surface area contributed by atoms with E-state index >= 15 is 0 Å². The SMILES string of the molecule is O=CC1=NNC(NC(=O)c2ccccc2Cl)=C(Br)CC1. The van der Waals surface area contributed by atoms with E-state index in [1.807, 2.05) is 0 Å². The van der Waals surface area contributed by atoms with Gasteiger partial charge in [-0.3, -0.25) is 15.0 Å². The zero-order chi connectivity index (χ0) is 14.5. The van der Waals surface area contributed by atoms with Crippen molar-refractivity contribution in [3.05, 3.63) is 45.2 Å². The monoisotopic (exact) mass is 355 g/mol. The van der Waals surface area contributed by atoms with Crippen LogP contribution in [0.15, 0.2) is 39.7 Å². The van der Waals surface area contributed by atoms with Crippen LogP contribution in [-0.2, 0) is 4.79 Å². The van der Waals surface area contributed by atoms with E-state index in [9.17, 15) is 9.59 Å². The fourth-order valence-corrected chi connectivity index (χ4v) is 2.22. The fourth-order valence-electron chi connectivity index (χ4n) is 1.61. The minimum absolute atomic E-state index is 0.347. The third-order valence-electron chi connectivity index (χ3n) is 2.68. The molecule has 1 aliphatic rings. The number of nitrogens with one attached hydrogen (secondary N) is 2. The molecule has 0 atom stereocenters. The Morgan fingerprint density at radius 2 is 2.15 bits per heavy atom. The first-order valence-electron chi connectivity index (χ1n) is 5.84. The molecule has 0 aromatic heterocycles. The maximum atomic E-state index is 12.1. The molecule has 7 heteroatoms. The molecule has 1 aliphatic heterocycles. The third kappa shape index (κ3) is 3.46. The quantitative estimate of drug-likeness (QED) is 0.818. The standard InChI is InChI=1S/C13H11BrClN3O2/c14-10-6-5-8(7-19)17-18-12(10)16-13(20)9-3-1-2-4-11(9)15/h1-4,7,18H,5-6H2,(H,16,20). The molecule has 0 unspecified atom stereocenters. The van der Waals surface area contributed by atoms with Crippen molar-refractivity contribution in [1.82, 2.24) is 10.7 Å². The molecule has 0 aliphatic carbocycles. The van der Waals surface area contributed by atoms with Gasteiger partial charge in [0.05, 0.1) is 10.6 Å². The Hall–Kier alpha value is -1.66. The summed E-state index contributed by atoms with van der Waals surface area (Å²) in [7, 11) is 0. The van der Waals surface area contributed by atoms with Crippen LogP contribution in [0.5, 0.6) is 0 Å². The van der Waals surface area contributed by atoms with Crippen molar-refractivity contribution in [3.63, 3.8) is 0 Å². The summed E-state index contributed by atoms with van der Waals surface area (Å²) in [6, 6.07) is 6.75. The van der Waals surface area contributed by atoms with E-state index in [1.165, 1.54) is 0 Å². The molecule has 1 aromatic carbocycles. The van der Waals surface area contributed by atoms with E-state index in [4.69, 9.17) is 11.6 Å². The average molecular weight is 357 g/mol. The van der Waals surface area contributed by atoms with E-state index in [-0.39, 0.29) is 5.91 Å². The average Bonchev–Trinajstić information content (AvgIpc) is 2.62. The number of carbonyl (C=O) groups is 2. The van der Waals surface area contributed by atoms with Gasteiger partial charge in [0.2, 0.25) is 0 Å². The molecule has 0 saturated heterocycles. The molecule has 1 aromatic rings. The number of carbonyl (C=O) groups excluding carboxylic acids is 2. The lowest BCUT2D eigenvalue weighted by Crippen LogP contribution is -2.30. The number of hydrazone groups is 1. The highest BCUT2D eigenvalue weighted by atomic mass is 79.9. The van der Waals surface area contributed by atoms with Gasteiger partial charge in [-0.2, -0.15) is 5.10 Å². The number of hydrogen-bond donors (Lipinski definition) is 2. The summed E-state index contributed by atoms with van der Waals surface area (Å²) < 4.78 is 0.735. The van der Waals surface area contributed by atoms with Gasteiger partial charge in [-0.15, -0.1) is 0 Å². The van der Waals surface area contributed by atoms with Gasteiger partial charge in [-0.25, -0.2) is 0 Å². The van der Waals surface area contributed by atoms with Crippen LogP contribution in [0.25, 0.3) is 0 Å². The number of hydrogen-bond acceptors (Lipinski definition) is 4. The van der Waals surface area contributed by atoms with Gasteiger partial charge in [0.25, 0.3) is 5.91 Å². The Morgan fingerprint density at radius 3 is 2.85 bits per heavy atom. The van der Waals surface area contributed by atoms with Crippen molar-refractivity contribution in [2.75, 3.05) is 0 Å². The highest BCUT2D eigenvalue weighted by Crippen LogP contribution is 2.20.